The summed E-state index contributed by atoms with van der Waals surface area (Å²) in [5.41, 5.74) is 1.21. The Bertz CT molecular complexity index is 1200. The molecule has 1 aromatic heterocycles. The maximum Gasteiger partial charge on any atom is 0.291 e. The van der Waals surface area contributed by atoms with Crippen molar-refractivity contribution in [3.05, 3.63) is 71.7 Å². The third-order valence-electron chi connectivity index (χ3n) is 4.96. The first-order valence-corrected chi connectivity index (χ1v) is 12.0. The highest BCUT2D eigenvalue weighted by atomic mass is 32.2. The maximum absolute atomic E-state index is 12.7. The molecule has 176 valence electrons. The number of carbonyl (C=O) groups excluding carboxylic acids is 1. The first-order valence-electron chi connectivity index (χ1n) is 10.6. The van der Waals surface area contributed by atoms with Crippen LogP contribution in [0.5, 0.6) is 11.5 Å². The Morgan fingerprint density at radius 2 is 1.85 bits per heavy atom. The minimum Gasteiger partial charge on any atom is -0.497 e. The molecule has 2 aromatic carbocycles. The summed E-state index contributed by atoms with van der Waals surface area (Å²) in [6, 6.07) is 14.8. The van der Waals surface area contributed by atoms with E-state index >= 15 is 0 Å². The van der Waals surface area contributed by atoms with Gasteiger partial charge in [-0.25, -0.2) is 13.1 Å². The molecular weight excluding hydrogens is 444 g/mol. The second-order valence-corrected chi connectivity index (χ2v) is 9.12. The number of hydrogen-bond acceptors (Lipinski definition) is 6. The molecule has 8 nitrogen and oxygen atoms in total. The van der Waals surface area contributed by atoms with Gasteiger partial charge in [0.2, 0.25) is 10.0 Å². The molecule has 0 aliphatic rings. The highest BCUT2D eigenvalue weighted by molar-refractivity contribution is 7.89. The number of ether oxygens (including phenoxy) is 2. The molecule has 33 heavy (non-hydrogen) atoms. The van der Waals surface area contributed by atoms with Crippen LogP contribution in [0.4, 0.5) is 5.69 Å². The van der Waals surface area contributed by atoms with Gasteiger partial charge in [0.25, 0.3) is 5.91 Å². The Labute approximate surface area is 194 Å². The van der Waals surface area contributed by atoms with Gasteiger partial charge in [0.1, 0.15) is 17.3 Å². The highest BCUT2D eigenvalue weighted by Gasteiger charge is 2.17. The number of sulfonamides is 1. The van der Waals surface area contributed by atoms with Crippen molar-refractivity contribution in [3.63, 3.8) is 0 Å². The number of methoxy groups -OCH3 is 2. The lowest BCUT2D eigenvalue weighted by molar-refractivity contribution is 0.0995. The molecule has 3 aromatic rings. The predicted octanol–water partition coefficient (Wildman–Crippen LogP) is 4.22. The molecule has 0 radical (unpaired) electrons. The van der Waals surface area contributed by atoms with Crippen LogP contribution in [0.25, 0.3) is 0 Å². The summed E-state index contributed by atoms with van der Waals surface area (Å²) in [4.78, 5) is 12.7. The SMILES string of the molecule is CCCCNS(=O)(=O)c1cccc(NC(=O)c2ccc(Cc3cc(OC)ccc3OC)o2)c1. The largest absolute Gasteiger partial charge is 0.497 e. The van der Waals surface area contributed by atoms with E-state index in [1.54, 1.807) is 44.6 Å². The summed E-state index contributed by atoms with van der Waals surface area (Å²) in [5.74, 6) is 1.58. The number of unbranched alkanes of at least 4 members (excludes halogenated alkanes) is 1. The number of anilines is 1. The van der Waals surface area contributed by atoms with E-state index in [0.29, 0.717) is 35.9 Å². The van der Waals surface area contributed by atoms with Crippen molar-refractivity contribution in [1.82, 2.24) is 4.72 Å². The van der Waals surface area contributed by atoms with Crippen LogP contribution in [0.1, 0.15) is 41.6 Å². The Hall–Kier alpha value is -3.30. The molecule has 0 aliphatic heterocycles. The molecule has 3 rings (SSSR count). The van der Waals surface area contributed by atoms with Crippen molar-refractivity contribution < 1.29 is 27.1 Å². The molecule has 0 bridgehead atoms. The molecule has 1 amide bonds. The van der Waals surface area contributed by atoms with E-state index < -0.39 is 15.9 Å². The van der Waals surface area contributed by atoms with Crippen LogP contribution < -0.4 is 19.5 Å². The summed E-state index contributed by atoms with van der Waals surface area (Å²) in [5, 5.41) is 2.69. The maximum atomic E-state index is 12.7. The minimum absolute atomic E-state index is 0.0849. The lowest BCUT2D eigenvalue weighted by Crippen LogP contribution is -2.24. The molecule has 9 heteroatoms. The van der Waals surface area contributed by atoms with Crippen LogP contribution in [0, 0.1) is 0 Å². The van der Waals surface area contributed by atoms with Gasteiger partial charge in [-0.05, 0) is 55.0 Å². The number of hydrogen-bond donors (Lipinski definition) is 2. The second kappa shape index (κ2) is 11.0. The fraction of sp³-hybridized carbons (Fsp3) is 0.292. The van der Waals surface area contributed by atoms with E-state index in [9.17, 15) is 13.2 Å². The lowest BCUT2D eigenvalue weighted by atomic mass is 10.1. The normalized spacial score (nSPS) is 11.2. The highest BCUT2D eigenvalue weighted by Crippen LogP contribution is 2.27. The van der Waals surface area contributed by atoms with Gasteiger partial charge in [0, 0.05) is 24.2 Å². The molecule has 0 saturated carbocycles. The van der Waals surface area contributed by atoms with Gasteiger partial charge in [0.05, 0.1) is 19.1 Å². The topological polar surface area (TPSA) is 107 Å². The van der Waals surface area contributed by atoms with Crippen LogP contribution in [0.2, 0.25) is 0 Å². The van der Waals surface area contributed by atoms with E-state index in [2.05, 4.69) is 10.0 Å². The van der Waals surface area contributed by atoms with Gasteiger partial charge < -0.3 is 19.2 Å². The van der Waals surface area contributed by atoms with Gasteiger partial charge in [-0.15, -0.1) is 0 Å². The van der Waals surface area contributed by atoms with Crippen LogP contribution in [-0.4, -0.2) is 35.1 Å². The van der Waals surface area contributed by atoms with Crippen molar-refractivity contribution in [2.75, 3.05) is 26.1 Å². The Kier molecular flexibility index (Phi) is 8.13. The monoisotopic (exact) mass is 472 g/mol. The van der Waals surface area contributed by atoms with Crippen LogP contribution in [-0.2, 0) is 16.4 Å². The number of benzene rings is 2. The van der Waals surface area contributed by atoms with E-state index in [4.69, 9.17) is 13.9 Å². The lowest BCUT2D eigenvalue weighted by Gasteiger charge is -2.09. The summed E-state index contributed by atoms with van der Waals surface area (Å²) in [6.45, 7) is 2.35. The van der Waals surface area contributed by atoms with Crippen molar-refractivity contribution in [2.45, 2.75) is 31.1 Å². The first kappa shape index (κ1) is 24.3. The van der Waals surface area contributed by atoms with Crippen molar-refractivity contribution in [2.24, 2.45) is 0 Å². The second-order valence-electron chi connectivity index (χ2n) is 7.35. The number of nitrogens with one attached hydrogen (secondary N) is 2. The molecular formula is C24H28N2O6S. The molecule has 0 unspecified atom stereocenters. The zero-order valence-electron chi connectivity index (χ0n) is 18.9. The number of carbonyl (C=O) groups is 1. The summed E-state index contributed by atoms with van der Waals surface area (Å²) in [7, 11) is -0.476. The van der Waals surface area contributed by atoms with Gasteiger partial charge >= 0.3 is 0 Å². The van der Waals surface area contributed by atoms with E-state index in [-0.39, 0.29) is 10.7 Å². The Balaban J connectivity index is 1.70. The smallest absolute Gasteiger partial charge is 0.291 e. The standard InChI is InChI=1S/C24H28N2O6S/c1-4-5-13-25-33(28,29)21-8-6-7-18(16-21)26-24(27)23-12-10-20(32-23)15-17-14-19(30-2)9-11-22(17)31-3/h6-12,14,16,25H,4-5,13,15H2,1-3H3,(H,26,27). The molecule has 0 spiro atoms. The predicted molar refractivity (Wildman–Crippen MR) is 126 cm³/mol. The molecule has 0 fully saturated rings. The zero-order chi connectivity index (χ0) is 23.8. The fourth-order valence-electron chi connectivity index (χ4n) is 3.20. The van der Waals surface area contributed by atoms with Gasteiger partial charge in [-0.2, -0.15) is 0 Å². The molecule has 1 heterocycles. The Morgan fingerprint density at radius 1 is 1.03 bits per heavy atom. The van der Waals surface area contributed by atoms with Crippen LogP contribution in [0.15, 0.2) is 63.9 Å². The quantitative estimate of drug-likeness (QED) is 0.405. The molecule has 2 N–H and O–H groups in total. The minimum atomic E-state index is -3.65. The van der Waals surface area contributed by atoms with E-state index in [1.165, 1.54) is 12.1 Å². The number of amides is 1. The molecule has 0 atom stereocenters. The summed E-state index contributed by atoms with van der Waals surface area (Å²) in [6.07, 6.45) is 2.04. The Morgan fingerprint density at radius 3 is 2.58 bits per heavy atom. The van der Waals surface area contributed by atoms with Crippen molar-refractivity contribution in [1.29, 1.82) is 0 Å². The van der Waals surface area contributed by atoms with Gasteiger partial charge in [0.15, 0.2) is 5.76 Å². The third kappa shape index (κ3) is 6.36. The third-order valence-corrected chi connectivity index (χ3v) is 6.42. The van der Waals surface area contributed by atoms with Crippen molar-refractivity contribution in [3.8, 4) is 11.5 Å². The van der Waals surface area contributed by atoms with E-state index in [0.717, 1.165) is 18.4 Å². The number of furan rings is 1. The summed E-state index contributed by atoms with van der Waals surface area (Å²) < 4.78 is 43.8. The zero-order valence-corrected chi connectivity index (χ0v) is 19.7. The average Bonchev–Trinajstić information content (AvgIpc) is 3.28. The first-order chi connectivity index (χ1) is 15.9. The average molecular weight is 473 g/mol. The van der Waals surface area contributed by atoms with Gasteiger partial charge in [-0.1, -0.05) is 19.4 Å². The van der Waals surface area contributed by atoms with Gasteiger partial charge in [-0.3, -0.25) is 4.79 Å². The summed E-state index contributed by atoms with van der Waals surface area (Å²) >= 11 is 0. The van der Waals surface area contributed by atoms with Crippen LogP contribution in [0.3, 0.4) is 0 Å². The fourth-order valence-corrected chi connectivity index (χ4v) is 4.32. The molecule has 0 aliphatic carbocycles. The van der Waals surface area contributed by atoms with Crippen molar-refractivity contribution >= 4 is 21.6 Å². The molecule has 0 saturated heterocycles. The van der Waals surface area contributed by atoms with Crippen LogP contribution >= 0.6 is 0 Å². The van der Waals surface area contributed by atoms with E-state index in [1.807, 2.05) is 19.1 Å². The number of rotatable bonds is 11.